The van der Waals surface area contributed by atoms with Gasteiger partial charge in [0, 0.05) is 12.5 Å². The molecule has 1 aliphatic rings. The average Bonchev–Trinajstić information content (AvgIpc) is 2.18. The van der Waals surface area contributed by atoms with Gasteiger partial charge < -0.3 is 10.1 Å². The van der Waals surface area contributed by atoms with E-state index in [0.717, 1.165) is 25.9 Å². The molecule has 0 radical (unpaired) electrons. The first-order valence-electron chi connectivity index (χ1n) is 5.08. The topological polar surface area (TPSA) is 57.4 Å². The van der Waals surface area contributed by atoms with Gasteiger partial charge in [-0.3, -0.25) is 0 Å². The lowest BCUT2D eigenvalue weighted by Crippen LogP contribution is -2.36. The third-order valence-electron chi connectivity index (χ3n) is 2.16. The van der Waals surface area contributed by atoms with Crippen molar-refractivity contribution < 1.29 is 4.74 Å². The van der Waals surface area contributed by atoms with Crippen LogP contribution in [0.4, 0.5) is 0 Å². The van der Waals surface area contributed by atoms with Crippen molar-refractivity contribution in [3.8, 4) is 6.19 Å². The molecule has 0 amide bonds. The first-order chi connectivity index (χ1) is 6.74. The standard InChI is InChI=1S/C10H17N3O/c1-8(2)14-10(13-7-11)9-4-3-5-12-6-9/h8-9,12H,3-6H2,1-2H3. The number of nitrogens with one attached hydrogen (secondary N) is 1. The van der Waals surface area contributed by atoms with E-state index in [-0.39, 0.29) is 12.0 Å². The Kier molecular flexibility index (Phi) is 4.41. The summed E-state index contributed by atoms with van der Waals surface area (Å²) in [4.78, 5) is 3.75. The van der Waals surface area contributed by atoms with Gasteiger partial charge in [-0.25, -0.2) is 0 Å². The molecule has 0 aromatic heterocycles. The molecule has 1 atom stereocenters. The molecule has 1 aliphatic heterocycles. The van der Waals surface area contributed by atoms with E-state index in [1.54, 1.807) is 6.19 Å². The van der Waals surface area contributed by atoms with Crippen LogP contribution >= 0.6 is 0 Å². The van der Waals surface area contributed by atoms with Crippen molar-refractivity contribution in [3.63, 3.8) is 0 Å². The Labute approximate surface area is 85.0 Å². The molecule has 0 aromatic rings. The summed E-state index contributed by atoms with van der Waals surface area (Å²) in [5, 5.41) is 11.8. The van der Waals surface area contributed by atoms with Crippen LogP contribution < -0.4 is 5.32 Å². The molecule has 0 spiro atoms. The summed E-state index contributed by atoms with van der Waals surface area (Å²) < 4.78 is 5.52. The molecule has 14 heavy (non-hydrogen) atoms. The summed E-state index contributed by atoms with van der Waals surface area (Å²) in [6.07, 6.45) is 4.07. The molecule has 1 heterocycles. The molecule has 1 fully saturated rings. The number of hydrogen-bond donors (Lipinski definition) is 1. The Bertz CT molecular complexity index is 236. The lowest BCUT2D eigenvalue weighted by atomic mass is 9.99. The summed E-state index contributed by atoms with van der Waals surface area (Å²) in [6.45, 7) is 5.82. The van der Waals surface area contributed by atoms with Crippen LogP contribution in [0.15, 0.2) is 4.99 Å². The Morgan fingerprint density at radius 2 is 2.43 bits per heavy atom. The minimum atomic E-state index is 0.0871. The zero-order chi connectivity index (χ0) is 10.4. The van der Waals surface area contributed by atoms with Gasteiger partial charge in [-0.15, -0.1) is 4.99 Å². The van der Waals surface area contributed by atoms with Crippen molar-refractivity contribution in [1.29, 1.82) is 5.26 Å². The summed E-state index contributed by atoms with van der Waals surface area (Å²) in [7, 11) is 0. The molecule has 0 aromatic carbocycles. The van der Waals surface area contributed by atoms with Gasteiger partial charge in [-0.1, -0.05) is 0 Å². The van der Waals surface area contributed by atoms with Crippen LogP contribution in [0.25, 0.3) is 0 Å². The SMILES string of the molecule is CC(C)OC(=NC#N)C1CCCNC1. The van der Waals surface area contributed by atoms with Gasteiger partial charge in [0.1, 0.15) is 0 Å². The van der Waals surface area contributed by atoms with Crippen molar-refractivity contribution in [3.05, 3.63) is 0 Å². The molecular formula is C10H17N3O. The highest BCUT2D eigenvalue weighted by Gasteiger charge is 2.21. The van der Waals surface area contributed by atoms with Crippen LogP contribution in [0.1, 0.15) is 26.7 Å². The molecule has 0 aliphatic carbocycles. The smallest absolute Gasteiger partial charge is 0.208 e. The summed E-state index contributed by atoms with van der Waals surface area (Å²) in [5.41, 5.74) is 0. The maximum absolute atomic E-state index is 8.54. The van der Waals surface area contributed by atoms with E-state index in [2.05, 4.69) is 10.3 Å². The van der Waals surface area contributed by atoms with Gasteiger partial charge in [0.25, 0.3) is 0 Å². The fraction of sp³-hybridized carbons (Fsp3) is 0.800. The van der Waals surface area contributed by atoms with Gasteiger partial charge in [-0.05, 0) is 33.2 Å². The van der Waals surface area contributed by atoms with E-state index in [1.807, 2.05) is 13.8 Å². The highest BCUT2D eigenvalue weighted by atomic mass is 16.5. The van der Waals surface area contributed by atoms with Crippen molar-refractivity contribution in [1.82, 2.24) is 5.32 Å². The van der Waals surface area contributed by atoms with E-state index in [9.17, 15) is 0 Å². The highest BCUT2D eigenvalue weighted by Crippen LogP contribution is 2.14. The molecule has 4 nitrogen and oxygen atoms in total. The van der Waals surface area contributed by atoms with Crippen molar-refractivity contribution >= 4 is 5.90 Å². The number of aliphatic imine (C=N–C) groups is 1. The monoisotopic (exact) mass is 195 g/mol. The van der Waals surface area contributed by atoms with Crippen molar-refractivity contribution in [2.24, 2.45) is 10.9 Å². The second-order valence-corrected chi connectivity index (χ2v) is 3.76. The van der Waals surface area contributed by atoms with Gasteiger partial charge in [0.05, 0.1) is 6.10 Å². The fourth-order valence-electron chi connectivity index (χ4n) is 1.57. The highest BCUT2D eigenvalue weighted by molar-refractivity contribution is 5.80. The number of nitrogens with zero attached hydrogens (tertiary/aromatic N) is 2. The summed E-state index contributed by atoms with van der Waals surface area (Å²) in [6, 6.07) is 0. The van der Waals surface area contributed by atoms with E-state index in [4.69, 9.17) is 10.00 Å². The zero-order valence-corrected chi connectivity index (χ0v) is 8.79. The molecule has 0 bridgehead atoms. The predicted molar refractivity (Wildman–Crippen MR) is 54.9 cm³/mol. The first kappa shape index (κ1) is 11.0. The fourth-order valence-corrected chi connectivity index (χ4v) is 1.57. The molecular weight excluding hydrogens is 178 g/mol. The third kappa shape index (κ3) is 3.35. The second kappa shape index (κ2) is 5.61. The van der Waals surface area contributed by atoms with Crippen LogP contribution in [-0.4, -0.2) is 25.1 Å². The minimum Gasteiger partial charge on any atom is -0.477 e. The van der Waals surface area contributed by atoms with Gasteiger partial charge in [0.15, 0.2) is 0 Å². The quantitative estimate of drug-likeness (QED) is 0.410. The first-order valence-corrected chi connectivity index (χ1v) is 5.08. The molecule has 1 N–H and O–H groups in total. The molecule has 1 saturated heterocycles. The van der Waals surface area contributed by atoms with E-state index in [1.165, 1.54) is 0 Å². The molecule has 0 saturated carbocycles. The second-order valence-electron chi connectivity index (χ2n) is 3.76. The number of piperidine rings is 1. The van der Waals surface area contributed by atoms with Crippen LogP contribution in [-0.2, 0) is 4.74 Å². The molecule has 78 valence electrons. The average molecular weight is 195 g/mol. The van der Waals surface area contributed by atoms with Crippen LogP contribution in [0.2, 0.25) is 0 Å². The maximum atomic E-state index is 8.54. The largest absolute Gasteiger partial charge is 0.477 e. The van der Waals surface area contributed by atoms with Crippen LogP contribution in [0.5, 0.6) is 0 Å². The van der Waals surface area contributed by atoms with Crippen molar-refractivity contribution in [2.75, 3.05) is 13.1 Å². The van der Waals surface area contributed by atoms with E-state index >= 15 is 0 Å². The van der Waals surface area contributed by atoms with E-state index in [0.29, 0.717) is 5.90 Å². The third-order valence-corrected chi connectivity index (χ3v) is 2.16. The molecule has 1 rings (SSSR count). The van der Waals surface area contributed by atoms with E-state index < -0.39 is 0 Å². The van der Waals surface area contributed by atoms with Crippen LogP contribution in [0, 0.1) is 17.4 Å². The normalized spacial score (nSPS) is 23.3. The Balaban J connectivity index is 2.57. The van der Waals surface area contributed by atoms with Gasteiger partial charge in [-0.2, -0.15) is 5.26 Å². The Morgan fingerprint density at radius 3 is 2.93 bits per heavy atom. The Morgan fingerprint density at radius 1 is 1.64 bits per heavy atom. The molecule has 1 unspecified atom stereocenters. The zero-order valence-electron chi connectivity index (χ0n) is 8.79. The Hall–Kier alpha value is -1.08. The lowest BCUT2D eigenvalue weighted by Gasteiger charge is -2.24. The van der Waals surface area contributed by atoms with Crippen LogP contribution in [0.3, 0.4) is 0 Å². The minimum absolute atomic E-state index is 0.0871. The van der Waals surface area contributed by atoms with Gasteiger partial charge in [0.2, 0.25) is 12.1 Å². The molecule has 4 heteroatoms. The lowest BCUT2D eigenvalue weighted by molar-refractivity contribution is 0.204. The van der Waals surface area contributed by atoms with Crippen molar-refractivity contribution in [2.45, 2.75) is 32.8 Å². The summed E-state index contributed by atoms with van der Waals surface area (Å²) in [5.74, 6) is 0.862. The number of ether oxygens (including phenoxy) is 1. The number of rotatable bonds is 2. The van der Waals surface area contributed by atoms with Gasteiger partial charge >= 0.3 is 0 Å². The summed E-state index contributed by atoms with van der Waals surface area (Å²) >= 11 is 0. The maximum Gasteiger partial charge on any atom is 0.208 e. The predicted octanol–water partition coefficient (Wildman–Crippen LogP) is 1.29. The number of nitriles is 1. The number of hydrogen-bond acceptors (Lipinski definition) is 4.